The molecule has 0 spiro atoms. The van der Waals surface area contributed by atoms with Gasteiger partial charge in [-0.1, -0.05) is 0 Å². The first kappa shape index (κ1) is 11.3. The molecule has 2 aliphatic heterocycles. The first-order valence-corrected chi connectivity index (χ1v) is 5.84. The number of nitrogens with zero attached hydrogens (tertiary/aromatic N) is 1. The van der Waals surface area contributed by atoms with E-state index in [1.807, 2.05) is 0 Å². The summed E-state index contributed by atoms with van der Waals surface area (Å²) in [5.74, 6) is 0. The second-order valence-corrected chi connectivity index (χ2v) is 4.89. The Balaban J connectivity index is 2.07. The summed E-state index contributed by atoms with van der Waals surface area (Å²) in [6.07, 6.45) is 1.67. The molecule has 4 heteroatoms. The topological polar surface area (TPSA) is 47.7 Å². The van der Waals surface area contributed by atoms with Gasteiger partial charge >= 0.3 is 0 Å². The standard InChI is InChI=1S/C11H22N2O2/c1-9-5-13(6-10(2)15-9)11(7-12)3-4-14-8-11/h9-10H,3-8,12H2,1-2H3/t9-,10+,11?. The first-order valence-electron chi connectivity index (χ1n) is 5.84. The van der Waals surface area contributed by atoms with E-state index >= 15 is 0 Å². The quantitative estimate of drug-likeness (QED) is 0.714. The van der Waals surface area contributed by atoms with E-state index in [1.54, 1.807) is 0 Å². The second kappa shape index (κ2) is 4.37. The maximum atomic E-state index is 5.93. The molecule has 0 saturated carbocycles. The Morgan fingerprint density at radius 1 is 1.33 bits per heavy atom. The maximum absolute atomic E-state index is 5.93. The van der Waals surface area contributed by atoms with Crippen molar-refractivity contribution < 1.29 is 9.47 Å². The number of hydrogen-bond donors (Lipinski definition) is 1. The molecule has 2 saturated heterocycles. The van der Waals surface area contributed by atoms with Gasteiger partial charge in [-0.25, -0.2) is 0 Å². The van der Waals surface area contributed by atoms with Crippen LogP contribution in [0.15, 0.2) is 0 Å². The highest BCUT2D eigenvalue weighted by Crippen LogP contribution is 2.28. The van der Waals surface area contributed by atoms with E-state index in [2.05, 4.69) is 18.7 Å². The summed E-state index contributed by atoms with van der Waals surface area (Å²) in [4.78, 5) is 2.47. The fourth-order valence-corrected chi connectivity index (χ4v) is 2.70. The molecule has 2 rings (SSSR count). The van der Waals surface area contributed by atoms with Crippen LogP contribution in [0.3, 0.4) is 0 Å². The van der Waals surface area contributed by atoms with Gasteiger partial charge in [0.1, 0.15) is 0 Å². The molecule has 2 heterocycles. The monoisotopic (exact) mass is 214 g/mol. The minimum Gasteiger partial charge on any atom is -0.379 e. The molecule has 0 bridgehead atoms. The molecule has 0 radical (unpaired) electrons. The van der Waals surface area contributed by atoms with Crippen molar-refractivity contribution in [3.63, 3.8) is 0 Å². The van der Waals surface area contributed by atoms with Crippen molar-refractivity contribution in [1.29, 1.82) is 0 Å². The van der Waals surface area contributed by atoms with E-state index in [1.165, 1.54) is 0 Å². The molecule has 2 N–H and O–H groups in total. The lowest BCUT2D eigenvalue weighted by molar-refractivity contribution is -0.101. The summed E-state index contributed by atoms with van der Waals surface area (Å²) in [5.41, 5.74) is 6.00. The van der Waals surface area contributed by atoms with E-state index in [-0.39, 0.29) is 5.54 Å². The average Bonchev–Trinajstić information content (AvgIpc) is 2.65. The van der Waals surface area contributed by atoms with Gasteiger partial charge in [-0.2, -0.15) is 0 Å². The summed E-state index contributed by atoms with van der Waals surface area (Å²) in [6, 6.07) is 0. The Bertz CT molecular complexity index is 207. The van der Waals surface area contributed by atoms with E-state index in [4.69, 9.17) is 15.2 Å². The third-order valence-electron chi connectivity index (χ3n) is 3.55. The molecule has 0 aromatic rings. The number of hydrogen-bond acceptors (Lipinski definition) is 4. The normalized spacial score (nSPS) is 43.4. The third kappa shape index (κ3) is 2.18. The number of rotatable bonds is 2. The molecular formula is C11H22N2O2. The highest BCUT2D eigenvalue weighted by Gasteiger charge is 2.42. The maximum Gasteiger partial charge on any atom is 0.0678 e. The summed E-state index contributed by atoms with van der Waals surface area (Å²) in [6.45, 7) is 8.52. The van der Waals surface area contributed by atoms with E-state index < -0.39 is 0 Å². The highest BCUT2D eigenvalue weighted by atomic mass is 16.5. The third-order valence-corrected chi connectivity index (χ3v) is 3.55. The Morgan fingerprint density at radius 2 is 2.00 bits per heavy atom. The van der Waals surface area contributed by atoms with Gasteiger partial charge in [0.25, 0.3) is 0 Å². The van der Waals surface area contributed by atoms with Crippen LogP contribution in [0, 0.1) is 0 Å². The largest absolute Gasteiger partial charge is 0.379 e. The Kier molecular flexibility index (Phi) is 3.30. The van der Waals surface area contributed by atoms with Crippen molar-refractivity contribution in [3.8, 4) is 0 Å². The van der Waals surface area contributed by atoms with Crippen LogP contribution >= 0.6 is 0 Å². The van der Waals surface area contributed by atoms with Crippen LogP contribution in [-0.4, -0.2) is 55.5 Å². The van der Waals surface area contributed by atoms with E-state index in [0.29, 0.717) is 18.8 Å². The van der Waals surface area contributed by atoms with Crippen molar-refractivity contribution in [1.82, 2.24) is 4.90 Å². The average molecular weight is 214 g/mol. The van der Waals surface area contributed by atoms with Crippen LogP contribution in [0.4, 0.5) is 0 Å². The Hall–Kier alpha value is -0.160. The summed E-state index contributed by atoms with van der Waals surface area (Å²) in [5, 5.41) is 0. The van der Waals surface area contributed by atoms with Gasteiger partial charge in [0.15, 0.2) is 0 Å². The van der Waals surface area contributed by atoms with Crippen LogP contribution in [0.25, 0.3) is 0 Å². The van der Waals surface area contributed by atoms with E-state index in [0.717, 1.165) is 32.7 Å². The van der Waals surface area contributed by atoms with Crippen LogP contribution in [0.2, 0.25) is 0 Å². The summed E-state index contributed by atoms with van der Waals surface area (Å²) < 4.78 is 11.3. The minimum atomic E-state index is 0.0757. The molecule has 88 valence electrons. The first-order chi connectivity index (χ1) is 7.16. The van der Waals surface area contributed by atoms with Gasteiger partial charge in [-0.05, 0) is 20.3 Å². The van der Waals surface area contributed by atoms with Gasteiger partial charge in [0, 0.05) is 26.2 Å². The molecule has 4 nitrogen and oxygen atoms in total. The molecule has 2 aliphatic rings. The molecule has 1 unspecified atom stereocenters. The van der Waals surface area contributed by atoms with Crippen molar-refractivity contribution in [3.05, 3.63) is 0 Å². The molecule has 3 atom stereocenters. The number of morpholine rings is 1. The van der Waals surface area contributed by atoms with E-state index in [9.17, 15) is 0 Å². The van der Waals surface area contributed by atoms with Crippen LogP contribution in [0.1, 0.15) is 20.3 Å². The van der Waals surface area contributed by atoms with Gasteiger partial charge in [-0.3, -0.25) is 4.90 Å². The SMILES string of the molecule is C[C@@H]1CN(C2(CN)CCOC2)C[C@H](C)O1. The molecule has 2 fully saturated rings. The zero-order chi connectivity index (χ0) is 10.9. The lowest BCUT2D eigenvalue weighted by Gasteiger charge is -2.45. The van der Waals surface area contributed by atoms with Crippen molar-refractivity contribution in [2.45, 2.75) is 38.0 Å². The van der Waals surface area contributed by atoms with Crippen LogP contribution in [-0.2, 0) is 9.47 Å². The second-order valence-electron chi connectivity index (χ2n) is 4.89. The van der Waals surface area contributed by atoms with Crippen LogP contribution in [0.5, 0.6) is 0 Å². The lowest BCUT2D eigenvalue weighted by atomic mass is 9.94. The lowest BCUT2D eigenvalue weighted by Crippen LogP contribution is -2.61. The minimum absolute atomic E-state index is 0.0757. The summed E-state index contributed by atoms with van der Waals surface area (Å²) >= 11 is 0. The number of nitrogens with two attached hydrogens (primary N) is 1. The van der Waals surface area contributed by atoms with Crippen LogP contribution < -0.4 is 5.73 Å². The molecule has 0 aliphatic carbocycles. The zero-order valence-electron chi connectivity index (χ0n) is 9.74. The van der Waals surface area contributed by atoms with Gasteiger partial charge in [-0.15, -0.1) is 0 Å². The number of ether oxygens (including phenoxy) is 2. The molecule has 0 aromatic heterocycles. The van der Waals surface area contributed by atoms with Gasteiger partial charge < -0.3 is 15.2 Å². The molecule has 0 aromatic carbocycles. The highest BCUT2D eigenvalue weighted by molar-refractivity contribution is 4.97. The fourth-order valence-electron chi connectivity index (χ4n) is 2.70. The predicted molar refractivity (Wildman–Crippen MR) is 58.8 cm³/mol. The van der Waals surface area contributed by atoms with Crippen molar-refractivity contribution in [2.75, 3.05) is 32.8 Å². The summed E-state index contributed by atoms with van der Waals surface area (Å²) in [7, 11) is 0. The van der Waals surface area contributed by atoms with Crippen molar-refractivity contribution >= 4 is 0 Å². The Morgan fingerprint density at radius 3 is 2.47 bits per heavy atom. The molecule has 15 heavy (non-hydrogen) atoms. The zero-order valence-corrected chi connectivity index (χ0v) is 9.74. The van der Waals surface area contributed by atoms with Crippen molar-refractivity contribution in [2.24, 2.45) is 5.73 Å². The smallest absolute Gasteiger partial charge is 0.0678 e. The predicted octanol–water partition coefficient (Wildman–Crippen LogP) is 0.213. The fraction of sp³-hybridized carbons (Fsp3) is 1.00. The molecule has 0 amide bonds. The van der Waals surface area contributed by atoms with Gasteiger partial charge in [0.05, 0.1) is 24.4 Å². The Labute approximate surface area is 91.7 Å². The van der Waals surface area contributed by atoms with Gasteiger partial charge in [0.2, 0.25) is 0 Å². The molecular weight excluding hydrogens is 192 g/mol.